The van der Waals surface area contributed by atoms with Gasteiger partial charge in [0.05, 0.1) is 6.10 Å². The van der Waals surface area contributed by atoms with Crippen LogP contribution in [0.4, 0.5) is 0 Å². The average molecular weight is 238 g/mol. The second-order valence-corrected chi connectivity index (χ2v) is 6.46. The summed E-state index contributed by atoms with van der Waals surface area (Å²) >= 11 is 0. The Kier molecular flexibility index (Phi) is 3.42. The van der Waals surface area contributed by atoms with Gasteiger partial charge in [-0.3, -0.25) is 4.90 Å². The highest BCUT2D eigenvalue weighted by atomic mass is 16.3. The number of hydrogen-bond donors (Lipinski definition) is 2. The largest absolute Gasteiger partial charge is 0.393 e. The number of rotatable bonds is 1. The van der Waals surface area contributed by atoms with Crippen molar-refractivity contribution in [2.45, 2.75) is 57.1 Å². The zero-order chi connectivity index (χ0) is 11.7. The monoisotopic (exact) mass is 238 g/mol. The molecule has 1 spiro atoms. The Labute approximate surface area is 105 Å². The highest BCUT2D eigenvalue weighted by Gasteiger charge is 2.41. The average Bonchev–Trinajstić information content (AvgIpc) is 2.75. The van der Waals surface area contributed by atoms with E-state index in [1.54, 1.807) is 0 Å². The van der Waals surface area contributed by atoms with E-state index in [1.807, 2.05) is 0 Å². The van der Waals surface area contributed by atoms with Crippen LogP contribution in [0.25, 0.3) is 0 Å². The van der Waals surface area contributed by atoms with Gasteiger partial charge in [0, 0.05) is 19.1 Å². The molecule has 3 fully saturated rings. The fourth-order valence-electron chi connectivity index (χ4n) is 4.08. The summed E-state index contributed by atoms with van der Waals surface area (Å²) in [4.78, 5) is 2.72. The first-order chi connectivity index (χ1) is 8.27. The summed E-state index contributed by atoms with van der Waals surface area (Å²) in [7, 11) is 0. The third-order valence-corrected chi connectivity index (χ3v) is 5.21. The van der Waals surface area contributed by atoms with Crippen LogP contribution in [0, 0.1) is 5.41 Å². The van der Waals surface area contributed by atoms with Crippen molar-refractivity contribution in [3.63, 3.8) is 0 Å². The fourth-order valence-corrected chi connectivity index (χ4v) is 4.08. The summed E-state index contributed by atoms with van der Waals surface area (Å²) in [6.07, 6.45) is 8.62. The Balaban J connectivity index is 1.56. The number of nitrogens with zero attached hydrogens (tertiary/aromatic N) is 1. The lowest BCUT2D eigenvalue weighted by atomic mass is 9.80. The predicted octanol–water partition coefficient (Wildman–Crippen LogP) is 1.37. The molecule has 0 aromatic rings. The van der Waals surface area contributed by atoms with Gasteiger partial charge in [-0.2, -0.15) is 0 Å². The summed E-state index contributed by atoms with van der Waals surface area (Å²) in [5.41, 5.74) is 0.592. The Morgan fingerprint density at radius 3 is 2.65 bits per heavy atom. The van der Waals surface area contributed by atoms with E-state index in [4.69, 9.17) is 0 Å². The van der Waals surface area contributed by atoms with Gasteiger partial charge in [0.1, 0.15) is 0 Å². The highest BCUT2D eigenvalue weighted by molar-refractivity contribution is 4.96. The van der Waals surface area contributed by atoms with Crippen LogP contribution in [0.3, 0.4) is 0 Å². The van der Waals surface area contributed by atoms with Crippen molar-refractivity contribution < 1.29 is 5.11 Å². The normalized spacial score (nSPS) is 44.3. The molecule has 0 bridgehead atoms. The molecule has 17 heavy (non-hydrogen) atoms. The number of piperidine rings is 1. The Morgan fingerprint density at radius 2 is 1.94 bits per heavy atom. The smallest absolute Gasteiger partial charge is 0.0541 e. The number of likely N-dealkylation sites (tertiary alicyclic amines) is 1. The van der Waals surface area contributed by atoms with Crippen molar-refractivity contribution in [1.82, 2.24) is 10.2 Å². The topological polar surface area (TPSA) is 35.5 Å². The number of nitrogens with one attached hydrogen (secondary N) is 1. The molecule has 2 saturated heterocycles. The van der Waals surface area contributed by atoms with Gasteiger partial charge in [-0.25, -0.2) is 0 Å². The lowest BCUT2D eigenvalue weighted by Gasteiger charge is -2.37. The molecule has 0 amide bonds. The van der Waals surface area contributed by atoms with Crippen LogP contribution in [-0.2, 0) is 0 Å². The van der Waals surface area contributed by atoms with Crippen molar-refractivity contribution in [2.75, 3.05) is 26.2 Å². The van der Waals surface area contributed by atoms with Crippen LogP contribution in [-0.4, -0.2) is 48.3 Å². The number of aliphatic hydroxyl groups is 1. The maximum Gasteiger partial charge on any atom is 0.0541 e. The first kappa shape index (κ1) is 11.9. The molecule has 3 nitrogen and oxygen atoms in total. The molecule has 0 aromatic heterocycles. The molecule has 3 heteroatoms. The lowest BCUT2D eigenvalue weighted by molar-refractivity contribution is 0.0761. The second-order valence-electron chi connectivity index (χ2n) is 6.46. The highest BCUT2D eigenvalue weighted by Crippen LogP contribution is 2.39. The maximum atomic E-state index is 9.58. The molecule has 2 heterocycles. The Bertz CT molecular complexity index is 255. The number of hydrogen-bond acceptors (Lipinski definition) is 3. The van der Waals surface area contributed by atoms with Gasteiger partial charge in [0.25, 0.3) is 0 Å². The van der Waals surface area contributed by atoms with E-state index in [9.17, 15) is 5.11 Å². The molecule has 0 radical (unpaired) electrons. The molecule has 0 aromatic carbocycles. The molecule has 98 valence electrons. The first-order valence-electron chi connectivity index (χ1n) is 7.40. The van der Waals surface area contributed by atoms with Crippen LogP contribution in [0.15, 0.2) is 0 Å². The maximum absolute atomic E-state index is 9.58. The third-order valence-electron chi connectivity index (χ3n) is 5.21. The van der Waals surface area contributed by atoms with Gasteiger partial charge in [-0.05, 0) is 63.5 Å². The van der Waals surface area contributed by atoms with E-state index in [-0.39, 0.29) is 6.10 Å². The van der Waals surface area contributed by atoms with Crippen LogP contribution < -0.4 is 5.32 Å². The molecule has 0 unspecified atom stereocenters. The van der Waals surface area contributed by atoms with E-state index in [0.717, 1.165) is 18.9 Å². The Morgan fingerprint density at radius 1 is 1.12 bits per heavy atom. The van der Waals surface area contributed by atoms with Gasteiger partial charge >= 0.3 is 0 Å². The summed E-state index contributed by atoms with van der Waals surface area (Å²) in [6, 6.07) is 0.764. The molecular weight excluding hydrogens is 212 g/mol. The minimum Gasteiger partial charge on any atom is -0.393 e. The lowest BCUT2D eigenvalue weighted by Crippen LogP contribution is -2.44. The molecular formula is C14H26N2O. The van der Waals surface area contributed by atoms with Gasteiger partial charge in [-0.1, -0.05) is 0 Å². The van der Waals surface area contributed by atoms with Crippen molar-refractivity contribution in [3.8, 4) is 0 Å². The molecule has 1 atom stereocenters. The van der Waals surface area contributed by atoms with E-state index in [2.05, 4.69) is 10.2 Å². The summed E-state index contributed by atoms with van der Waals surface area (Å²) in [6.45, 7) is 5.05. The molecule has 2 aliphatic heterocycles. The standard InChI is InChI=1S/C14H26N2O/c17-13-4-2-12(3-5-13)16-9-7-14(11-16)6-1-8-15-10-14/h12-13,15,17H,1-11H2/t12?,13?,14-/m1/s1. The summed E-state index contributed by atoms with van der Waals surface area (Å²) in [5.74, 6) is 0. The molecule has 1 saturated carbocycles. The Hall–Kier alpha value is -0.120. The van der Waals surface area contributed by atoms with Crippen molar-refractivity contribution in [3.05, 3.63) is 0 Å². The van der Waals surface area contributed by atoms with E-state index in [1.165, 1.54) is 58.3 Å². The zero-order valence-electron chi connectivity index (χ0n) is 10.8. The fraction of sp³-hybridized carbons (Fsp3) is 1.00. The van der Waals surface area contributed by atoms with Gasteiger partial charge in [0.15, 0.2) is 0 Å². The van der Waals surface area contributed by atoms with Gasteiger partial charge < -0.3 is 10.4 Å². The van der Waals surface area contributed by atoms with Crippen molar-refractivity contribution in [2.24, 2.45) is 5.41 Å². The predicted molar refractivity (Wildman–Crippen MR) is 69.0 cm³/mol. The molecule has 3 rings (SSSR count). The van der Waals surface area contributed by atoms with E-state index in [0.29, 0.717) is 5.41 Å². The minimum absolute atomic E-state index is 0.0147. The molecule has 3 aliphatic rings. The zero-order valence-corrected chi connectivity index (χ0v) is 10.8. The minimum atomic E-state index is -0.0147. The van der Waals surface area contributed by atoms with Gasteiger partial charge in [-0.15, -0.1) is 0 Å². The van der Waals surface area contributed by atoms with E-state index >= 15 is 0 Å². The van der Waals surface area contributed by atoms with Crippen LogP contribution in [0.5, 0.6) is 0 Å². The molecule has 1 aliphatic carbocycles. The first-order valence-corrected chi connectivity index (χ1v) is 7.40. The second kappa shape index (κ2) is 4.87. The molecule has 2 N–H and O–H groups in total. The number of aliphatic hydroxyl groups excluding tert-OH is 1. The third kappa shape index (κ3) is 2.51. The van der Waals surface area contributed by atoms with Crippen molar-refractivity contribution >= 4 is 0 Å². The SMILES string of the molecule is OC1CCC(N2CC[C@@]3(CCCNC3)C2)CC1. The van der Waals surface area contributed by atoms with Crippen LogP contribution in [0.2, 0.25) is 0 Å². The summed E-state index contributed by atoms with van der Waals surface area (Å²) < 4.78 is 0. The van der Waals surface area contributed by atoms with Gasteiger partial charge in [0.2, 0.25) is 0 Å². The van der Waals surface area contributed by atoms with Crippen LogP contribution >= 0.6 is 0 Å². The van der Waals surface area contributed by atoms with Crippen LogP contribution in [0.1, 0.15) is 44.9 Å². The van der Waals surface area contributed by atoms with E-state index < -0.39 is 0 Å². The quantitative estimate of drug-likeness (QED) is 0.724. The van der Waals surface area contributed by atoms with Crippen molar-refractivity contribution in [1.29, 1.82) is 0 Å². The summed E-state index contributed by atoms with van der Waals surface area (Å²) in [5, 5.41) is 13.2.